The molecule has 76 valence electrons. The molecule has 0 aliphatic carbocycles. The fourth-order valence-electron chi connectivity index (χ4n) is 1.12. The molecule has 1 aliphatic heterocycles. The van der Waals surface area contributed by atoms with Gasteiger partial charge in [-0.2, -0.15) is 5.10 Å². The van der Waals surface area contributed by atoms with Crippen molar-refractivity contribution in [2.24, 2.45) is 5.10 Å². The molecule has 6 nitrogen and oxygen atoms in total. The topological polar surface area (TPSA) is 83.5 Å². The van der Waals surface area contributed by atoms with E-state index in [-0.39, 0.29) is 18.0 Å². The normalized spacial score (nSPS) is 14.4. The molecule has 6 heteroatoms. The Kier molecular flexibility index (Phi) is 2.40. The van der Waals surface area contributed by atoms with Crippen LogP contribution in [0.4, 0.5) is 5.82 Å². The summed E-state index contributed by atoms with van der Waals surface area (Å²) in [6.45, 7) is 0. The number of aromatic nitrogens is 1. The molecule has 0 radical (unpaired) electrons. The average Bonchev–Trinajstić information content (AvgIpc) is 2.66. The molecule has 15 heavy (non-hydrogen) atoms. The Balaban J connectivity index is 2.02. The van der Waals surface area contributed by atoms with Crippen LogP contribution in [0.25, 0.3) is 0 Å². The van der Waals surface area contributed by atoms with E-state index in [1.807, 2.05) is 0 Å². The molecular weight excluding hydrogens is 196 g/mol. The number of carbonyl (C=O) groups is 2. The fourth-order valence-corrected chi connectivity index (χ4v) is 1.12. The third kappa shape index (κ3) is 2.16. The van der Waals surface area contributed by atoms with Crippen LogP contribution in [-0.2, 0) is 9.59 Å². The van der Waals surface area contributed by atoms with Crippen molar-refractivity contribution in [3.05, 3.63) is 24.4 Å². The predicted molar refractivity (Wildman–Crippen MR) is 53.1 cm³/mol. The first kappa shape index (κ1) is 9.32. The summed E-state index contributed by atoms with van der Waals surface area (Å²) in [6, 6.07) is 5.15. The zero-order chi connectivity index (χ0) is 10.7. The highest BCUT2D eigenvalue weighted by molar-refractivity contribution is 6.46. The summed E-state index contributed by atoms with van der Waals surface area (Å²) >= 11 is 0. The molecule has 0 saturated carbocycles. The van der Waals surface area contributed by atoms with Gasteiger partial charge in [0.05, 0.1) is 6.42 Å². The molecule has 1 aromatic heterocycles. The van der Waals surface area contributed by atoms with E-state index in [1.165, 1.54) is 0 Å². The van der Waals surface area contributed by atoms with E-state index in [0.717, 1.165) is 0 Å². The van der Waals surface area contributed by atoms with Crippen LogP contribution in [0.1, 0.15) is 6.42 Å². The third-order valence-corrected chi connectivity index (χ3v) is 1.81. The molecular formula is C9H8N4O2. The van der Waals surface area contributed by atoms with Crippen molar-refractivity contribution >= 4 is 23.3 Å². The van der Waals surface area contributed by atoms with Gasteiger partial charge in [0.1, 0.15) is 11.5 Å². The average molecular weight is 204 g/mol. The molecule has 1 aliphatic rings. The number of nitrogens with one attached hydrogen (secondary N) is 2. The molecule has 2 amide bonds. The van der Waals surface area contributed by atoms with Crippen molar-refractivity contribution < 1.29 is 9.59 Å². The van der Waals surface area contributed by atoms with Gasteiger partial charge in [-0.25, -0.2) is 10.4 Å². The lowest BCUT2D eigenvalue weighted by Gasteiger charge is -2.01. The molecule has 0 unspecified atom stereocenters. The minimum absolute atomic E-state index is 0.0126. The van der Waals surface area contributed by atoms with Crippen molar-refractivity contribution in [2.45, 2.75) is 6.42 Å². The van der Waals surface area contributed by atoms with Crippen LogP contribution in [0.15, 0.2) is 29.5 Å². The van der Waals surface area contributed by atoms with Crippen LogP contribution in [0, 0.1) is 0 Å². The third-order valence-electron chi connectivity index (χ3n) is 1.81. The zero-order valence-electron chi connectivity index (χ0n) is 7.73. The van der Waals surface area contributed by atoms with Gasteiger partial charge in [0, 0.05) is 6.20 Å². The smallest absolute Gasteiger partial charge is 0.273 e. The van der Waals surface area contributed by atoms with Crippen LogP contribution >= 0.6 is 0 Å². The van der Waals surface area contributed by atoms with Crippen LogP contribution in [0.5, 0.6) is 0 Å². The number of nitrogens with zero attached hydrogens (tertiary/aromatic N) is 2. The first-order valence-electron chi connectivity index (χ1n) is 4.33. The van der Waals surface area contributed by atoms with E-state index < -0.39 is 5.91 Å². The molecule has 2 heterocycles. The molecule has 1 aromatic rings. The summed E-state index contributed by atoms with van der Waals surface area (Å²) in [7, 11) is 0. The van der Waals surface area contributed by atoms with E-state index >= 15 is 0 Å². The lowest BCUT2D eigenvalue weighted by Crippen LogP contribution is -2.22. The molecule has 0 spiro atoms. The number of rotatable bonds is 2. The molecule has 2 rings (SSSR count). The van der Waals surface area contributed by atoms with Gasteiger partial charge in [0.2, 0.25) is 5.91 Å². The van der Waals surface area contributed by atoms with Crippen LogP contribution in [-0.4, -0.2) is 22.5 Å². The Bertz CT molecular complexity index is 427. The van der Waals surface area contributed by atoms with Crippen LogP contribution < -0.4 is 10.7 Å². The SMILES string of the molecule is O=C1CC(C(=O)Nc2ccccn2)=NN1. The van der Waals surface area contributed by atoms with Gasteiger partial charge < -0.3 is 5.32 Å². The fraction of sp³-hybridized carbons (Fsp3) is 0.111. The van der Waals surface area contributed by atoms with Gasteiger partial charge in [-0.15, -0.1) is 0 Å². The summed E-state index contributed by atoms with van der Waals surface area (Å²) < 4.78 is 0. The summed E-state index contributed by atoms with van der Waals surface area (Å²) in [4.78, 5) is 26.2. The molecule has 0 atom stereocenters. The molecule has 0 saturated heterocycles. The Hall–Kier alpha value is -2.24. The maximum absolute atomic E-state index is 11.5. The van der Waals surface area contributed by atoms with Crippen molar-refractivity contribution in [3.8, 4) is 0 Å². The van der Waals surface area contributed by atoms with Crippen LogP contribution in [0.3, 0.4) is 0 Å². The summed E-state index contributed by atoms with van der Waals surface area (Å²) in [5.41, 5.74) is 2.38. The van der Waals surface area contributed by atoms with Gasteiger partial charge in [0.25, 0.3) is 5.91 Å². The molecule has 0 bridgehead atoms. The Morgan fingerprint density at radius 2 is 2.33 bits per heavy atom. The number of hydrogen-bond donors (Lipinski definition) is 2. The predicted octanol–water partition coefficient (Wildman–Crippen LogP) is -0.104. The van der Waals surface area contributed by atoms with Gasteiger partial charge in [-0.1, -0.05) is 6.07 Å². The van der Waals surface area contributed by atoms with Gasteiger partial charge in [0.15, 0.2) is 0 Å². The lowest BCUT2D eigenvalue weighted by atomic mass is 10.2. The second-order valence-electron chi connectivity index (χ2n) is 2.94. The van der Waals surface area contributed by atoms with Gasteiger partial charge >= 0.3 is 0 Å². The summed E-state index contributed by atoms with van der Waals surface area (Å²) in [5, 5.41) is 6.12. The number of carbonyl (C=O) groups excluding carboxylic acids is 2. The van der Waals surface area contributed by atoms with Gasteiger partial charge in [-0.05, 0) is 12.1 Å². The highest BCUT2D eigenvalue weighted by Gasteiger charge is 2.21. The Labute approximate surface area is 85.4 Å². The highest BCUT2D eigenvalue weighted by atomic mass is 16.2. The zero-order valence-corrected chi connectivity index (χ0v) is 7.73. The molecule has 0 aromatic carbocycles. The quantitative estimate of drug-likeness (QED) is 0.705. The van der Waals surface area contributed by atoms with Crippen molar-refractivity contribution in [1.29, 1.82) is 0 Å². The second kappa shape index (κ2) is 3.87. The van der Waals surface area contributed by atoms with Crippen molar-refractivity contribution in [2.75, 3.05) is 5.32 Å². The van der Waals surface area contributed by atoms with E-state index in [2.05, 4.69) is 20.8 Å². The summed E-state index contributed by atoms with van der Waals surface area (Å²) in [5.74, 6) is -0.252. The first-order chi connectivity index (χ1) is 7.25. The van der Waals surface area contributed by atoms with Crippen molar-refractivity contribution in [3.63, 3.8) is 0 Å². The minimum Gasteiger partial charge on any atom is -0.305 e. The Morgan fingerprint density at radius 1 is 1.47 bits per heavy atom. The maximum Gasteiger partial charge on any atom is 0.273 e. The maximum atomic E-state index is 11.5. The van der Waals surface area contributed by atoms with E-state index in [1.54, 1.807) is 24.4 Å². The van der Waals surface area contributed by atoms with Crippen LogP contribution in [0.2, 0.25) is 0 Å². The largest absolute Gasteiger partial charge is 0.305 e. The standard InChI is InChI=1S/C9H8N4O2/c14-8-5-6(12-13-8)9(15)11-7-3-1-2-4-10-7/h1-4H,5H2,(H,13,14)(H,10,11,15). The molecule has 2 N–H and O–H groups in total. The number of hydrazone groups is 1. The number of pyridine rings is 1. The van der Waals surface area contributed by atoms with Gasteiger partial charge in [-0.3, -0.25) is 9.59 Å². The van der Waals surface area contributed by atoms with E-state index in [9.17, 15) is 9.59 Å². The lowest BCUT2D eigenvalue weighted by molar-refractivity contribution is -0.119. The Morgan fingerprint density at radius 3 is 2.93 bits per heavy atom. The number of hydrogen-bond acceptors (Lipinski definition) is 4. The van der Waals surface area contributed by atoms with Crippen molar-refractivity contribution in [1.82, 2.24) is 10.4 Å². The minimum atomic E-state index is -0.410. The second-order valence-corrected chi connectivity index (χ2v) is 2.94. The number of amides is 2. The first-order valence-corrected chi connectivity index (χ1v) is 4.33. The van der Waals surface area contributed by atoms with E-state index in [4.69, 9.17) is 0 Å². The highest BCUT2D eigenvalue weighted by Crippen LogP contribution is 2.02. The molecule has 0 fully saturated rings. The number of anilines is 1. The summed E-state index contributed by atoms with van der Waals surface area (Å²) in [6.07, 6.45) is 1.58. The van der Waals surface area contributed by atoms with E-state index in [0.29, 0.717) is 5.82 Å². The monoisotopic (exact) mass is 204 g/mol.